The van der Waals surface area contributed by atoms with Crippen LogP contribution in [0.15, 0.2) is 58.5 Å². The molecule has 0 spiro atoms. The van der Waals surface area contributed by atoms with Crippen LogP contribution in [0.25, 0.3) is 10.9 Å². The van der Waals surface area contributed by atoms with Crippen molar-refractivity contribution in [2.45, 2.75) is 37.5 Å². The van der Waals surface area contributed by atoms with E-state index in [0.29, 0.717) is 6.07 Å². The van der Waals surface area contributed by atoms with Crippen molar-refractivity contribution < 1.29 is 18.0 Å². The number of rotatable bonds is 6. The van der Waals surface area contributed by atoms with E-state index in [0.717, 1.165) is 15.0 Å². The number of hydrogen-bond donors (Lipinski definition) is 1. The molecule has 2 heterocycles. The molecular formula is C21H20F3N3O2S. The van der Waals surface area contributed by atoms with Gasteiger partial charge in [-0.05, 0) is 38.1 Å². The van der Waals surface area contributed by atoms with Crippen molar-refractivity contribution in [3.63, 3.8) is 0 Å². The monoisotopic (exact) mass is 435 g/mol. The van der Waals surface area contributed by atoms with Crippen LogP contribution in [0.2, 0.25) is 0 Å². The van der Waals surface area contributed by atoms with Crippen molar-refractivity contribution in [2.75, 3.05) is 5.75 Å². The lowest BCUT2D eigenvalue weighted by molar-refractivity contribution is -0.143. The zero-order valence-electron chi connectivity index (χ0n) is 16.4. The fourth-order valence-electron chi connectivity index (χ4n) is 3.14. The second-order valence-electron chi connectivity index (χ2n) is 6.96. The summed E-state index contributed by atoms with van der Waals surface area (Å²) in [5, 5.41) is 2.94. The minimum Gasteiger partial charge on any atom is -0.351 e. The Morgan fingerprint density at radius 1 is 1.20 bits per heavy atom. The van der Waals surface area contributed by atoms with E-state index in [2.05, 4.69) is 10.3 Å². The number of halogens is 3. The number of amides is 1. The van der Waals surface area contributed by atoms with Crippen LogP contribution in [0.3, 0.4) is 0 Å². The van der Waals surface area contributed by atoms with Gasteiger partial charge in [0.2, 0.25) is 5.91 Å². The Labute approximate surface area is 175 Å². The van der Waals surface area contributed by atoms with Gasteiger partial charge < -0.3 is 9.88 Å². The van der Waals surface area contributed by atoms with Gasteiger partial charge in [0.25, 0.3) is 0 Å². The third kappa shape index (κ3) is 5.21. The molecule has 1 aromatic carbocycles. The second kappa shape index (κ2) is 8.91. The lowest BCUT2D eigenvalue weighted by Gasteiger charge is -2.22. The third-order valence-electron chi connectivity index (χ3n) is 4.44. The number of alkyl halides is 3. The molecule has 0 bridgehead atoms. The van der Waals surface area contributed by atoms with Gasteiger partial charge in [-0.1, -0.05) is 11.6 Å². The molecule has 3 rings (SSSR count). The molecule has 0 aliphatic heterocycles. The SMILES string of the molecule is Cc1ccc2c(c1)c(=O)cc(C(F)(F)F)n2C[C@@H](C)NC(=O)CSc1ccncc1. The first-order valence-corrected chi connectivity index (χ1v) is 10.2. The fraction of sp³-hybridized carbons (Fsp3) is 0.286. The molecule has 0 unspecified atom stereocenters. The molecule has 5 nitrogen and oxygen atoms in total. The summed E-state index contributed by atoms with van der Waals surface area (Å²) in [5.74, 6) is -0.163. The predicted molar refractivity (Wildman–Crippen MR) is 111 cm³/mol. The highest BCUT2D eigenvalue weighted by molar-refractivity contribution is 8.00. The number of nitrogens with zero attached hydrogens (tertiary/aromatic N) is 2. The Morgan fingerprint density at radius 2 is 1.90 bits per heavy atom. The summed E-state index contributed by atoms with van der Waals surface area (Å²) in [5.41, 5.74) is -0.744. The fourth-order valence-corrected chi connectivity index (χ4v) is 3.84. The van der Waals surface area contributed by atoms with Crippen LogP contribution in [0.4, 0.5) is 13.2 Å². The van der Waals surface area contributed by atoms with Gasteiger partial charge in [-0.3, -0.25) is 14.6 Å². The molecule has 158 valence electrons. The van der Waals surface area contributed by atoms with E-state index in [1.165, 1.54) is 17.8 Å². The van der Waals surface area contributed by atoms with Crippen molar-refractivity contribution in [3.05, 3.63) is 70.3 Å². The Hall–Kier alpha value is -2.81. The minimum absolute atomic E-state index is 0.125. The largest absolute Gasteiger partial charge is 0.431 e. The van der Waals surface area contributed by atoms with Gasteiger partial charge >= 0.3 is 6.18 Å². The number of carbonyl (C=O) groups excluding carboxylic acids is 1. The maximum Gasteiger partial charge on any atom is 0.431 e. The summed E-state index contributed by atoms with van der Waals surface area (Å²) in [6, 6.07) is 8.32. The molecule has 9 heteroatoms. The number of benzene rings is 1. The first-order valence-electron chi connectivity index (χ1n) is 9.19. The van der Waals surface area contributed by atoms with Crippen LogP contribution in [-0.2, 0) is 17.5 Å². The highest BCUT2D eigenvalue weighted by atomic mass is 32.2. The number of thioether (sulfide) groups is 1. The van der Waals surface area contributed by atoms with Crippen LogP contribution in [0.5, 0.6) is 0 Å². The molecule has 1 N–H and O–H groups in total. The van der Waals surface area contributed by atoms with Gasteiger partial charge in [-0.2, -0.15) is 13.2 Å². The predicted octanol–water partition coefficient (Wildman–Crippen LogP) is 4.02. The smallest absolute Gasteiger partial charge is 0.351 e. The Balaban J connectivity index is 1.82. The molecule has 3 aromatic rings. The van der Waals surface area contributed by atoms with Crippen LogP contribution < -0.4 is 10.7 Å². The summed E-state index contributed by atoms with van der Waals surface area (Å²) in [4.78, 5) is 29.2. The summed E-state index contributed by atoms with van der Waals surface area (Å²) in [6.07, 6.45) is -1.46. The number of carbonyl (C=O) groups is 1. The van der Waals surface area contributed by atoms with E-state index in [1.54, 1.807) is 50.5 Å². The third-order valence-corrected chi connectivity index (χ3v) is 5.45. The molecule has 0 aliphatic carbocycles. The van der Waals surface area contributed by atoms with Crippen LogP contribution in [0.1, 0.15) is 18.2 Å². The maximum atomic E-state index is 13.6. The lowest BCUT2D eigenvalue weighted by Crippen LogP contribution is -2.38. The zero-order valence-corrected chi connectivity index (χ0v) is 17.2. The number of aryl methyl sites for hydroxylation is 1. The van der Waals surface area contributed by atoms with Crippen molar-refractivity contribution in [2.24, 2.45) is 0 Å². The Kier molecular flexibility index (Phi) is 6.50. The molecular weight excluding hydrogens is 415 g/mol. The number of aromatic nitrogens is 2. The van der Waals surface area contributed by atoms with Gasteiger partial charge in [0, 0.05) is 41.3 Å². The summed E-state index contributed by atoms with van der Waals surface area (Å²) >= 11 is 1.31. The highest BCUT2D eigenvalue weighted by Gasteiger charge is 2.35. The average molecular weight is 435 g/mol. The number of nitrogens with one attached hydrogen (secondary N) is 1. The summed E-state index contributed by atoms with van der Waals surface area (Å²) < 4.78 is 41.9. The van der Waals surface area contributed by atoms with Crippen LogP contribution in [0, 0.1) is 6.92 Å². The first kappa shape index (κ1) is 21.9. The topological polar surface area (TPSA) is 64.0 Å². The van der Waals surface area contributed by atoms with E-state index in [1.807, 2.05) is 0 Å². The van der Waals surface area contributed by atoms with Crippen LogP contribution in [-0.4, -0.2) is 27.3 Å². The van der Waals surface area contributed by atoms with E-state index in [-0.39, 0.29) is 29.1 Å². The highest BCUT2D eigenvalue weighted by Crippen LogP contribution is 2.31. The Bertz CT molecular complexity index is 1110. The molecule has 30 heavy (non-hydrogen) atoms. The van der Waals surface area contributed by atoms with Gasteiger partial charge in [-0.15, -0.1) is 11.8 Å². The quantitative estimate of drug-likeness (QED) is 0.594. The zero-order chi connectivity index (χ0) is 21.9. The maximum absolute atomic E-state index is 13.6. The van der Waals surface area contributed by atoms with Gasteiger partial charge in [0.1, 0.15) is 5.69 Å². The minimum atomic E-state index is -4.70. The number of hydrogen-bond acceptors (Lipinski definition) is 4. The van der Waals surface area contributed by atoms with E-state index < -0.39 is 23.3 Å². The van der Waals surface area contributed by atoms with Gasteiger partial charge in [0.15, 0.2) is 5.43 Å². The second-order valence-corrected chi connectivity index (χ2v) is 8.01. The van der Waals surface area contributed by atoms with Crippen molar-refractivity contribution in [3.8, 4) is 0 Å². The van der Waals surface area contributed by atoms with Gasteiger partial charge in [0.05, 0.1) is 11.3 Å². The average Bonchev–Trinajstić information content (AvgIpc) is 2.68. The lowest BCUT2D eigenvalue weighted by atomic mass is 10.1. The molecule has 0 saturated heterocycles. The molecule has 0 saturated carbocycles. The van der Waals surface area contributed by atoms with E-state index in [4.69, 9.17) is 0 Å². The molecule has 1 amide bonds. The van der Waals surface area contributed by atoms with Gasteiger partial charge in [-0.25, -0.2) is 0 Å². The van der Waals surface area contributed by atoms with E-state index >= 15 is 0 Å². The van der Waals surface area contributed by atoms with Crippen molar-refractivity contribution in [1.29, 1.82) is 0 Å². The molecule has 2 aromatic heterocycles. The first-order chi connectivity index (χ1) is 14.1. The molecule has 0 aliphatic rings. The van der Waals surface area contributed by atoms with Crippen molar-refractivity contribution in [1.82, 2.24) is 14.9 Å². The number of pyridine rings is 2. The Morgan fingerprint density at radius 3 is 2.57 bits per heavy atom. The summed E-state index contributed by atoms with van der Waals surface area (Å²) in [6.45, 7) is 3.28. The standard InChI is InChI=1S/C21H20F3N3O2S/c1-13-3-4-17-16(9-13)18(28)10-19(21(22,23)24)27(17)11-14(2)26-20(29)12-30-15-5-7-25-8-6-15/h3-10,14H,11-12H2,1-2H3,(H,26,29)/t14-/m1/s1. The summed E-state index contributed by atoms with van der Waals surface area (Å²) in [7, 11) is 0. The molecule has 0 radical (unpaired) electrons. The van der Waals surface area contributed by atoms with Crippen LogP contribution >= 0.6 is 11.8 Å². The van der Waals surface area contributed by atoms with E-state index in [9.17, 15) is 22.8 Å². The molecule has 1 atom stereocenters. The number of fused-ring (bicyclic) bond motifs is 1. The normalized spacial score (nSPS) is 12.7. The molecule has 0 fully saturated rings. The van der Waals surface area contributed by atoms with Crippen molar-refractivity contribution >= 4 is 28.6 Å².